The van der Waals surface area contributed by atoms with Crippen LogP contribution in [-0.2, 0) is 30.4 Å². The Labute approximate surface area is 228 Å². The van der Waals surface area contributed by atoms with Crippen LogP contribution < -0.4 is 38.9 Å². The van der Waals surface area contributed by atoms with Gasteiger partial charge >= 0.3 is 5.97 Å². The van der Waals surface area contributed by atoms with Crippen LogP contribution >= 0.6 is 0 Å². The van der Waals surface area contributed by atoms with Gasteiger partial charge in [0.25, 0.3) is 0 Å². The Morgan fingerprint density at radius 3 is 2.17 bits per heavy atom. The van der Waals surface area contributed by atoms with Crippen molar-refractivity contribution in [2.45, 2.75) is 49.9 Å². The lowest BCUT2D eigenvalue weighted by Gasteiger charge is -2.24. The van der Waals surface area contributed by atoms with Gasteiger partial charge < -0.3 is 54.1 Å². The molecule has 14 N–H and O–H groups in total. The number of nitrogens with zero attached hydrogens (tertiary/aromatic N) is 1. The number of benzene rings is 1. The van der Waals surface area contributed by atoms with Crippen molar-refractivity contribution in [2.24, 2.45) is 27.9 Å². The van der Waals surface area contributed by atoms with Gasteiger partial charge in [-0.15, -0.1) is 0 Å². The molecule has 16 nitrogen and oxygen atoms in total. The van der Waals surface area contributed by atoms with Crippen molar-refractivity contribution in [1.29, 1.82) is 0 Å². The second-order valence-electron chi connectivity index (χ2n) is 8.99. The van der Waals surface area contributed by atoms with Crippen molar-refractivity contribution in [2.75, 3.05) is 13.2 Å². The number of hydrogen-bond acceptors (Lipinski definition) is 8. The molecule has 4 amide bonds. The Kier molecular flexibility index (Phi) is 11.8. The molecule has 2 aromatic rings. The number of aliphatic imine (C=N–C) groups is 1. The van der Waals surface area contributed by atoms with E-state index < -0.39 is 66.8 Å². The minimum absolute atomic E-state index is 0.0128. The summed E-state index contributed by atoms with van der Waals surface area (Å²) in [5.74, 6) is -5.01. The first kappa shape index (κ1) is 31.5. The van der Waals surface area contributed by atoms with Gasteiger partial charge in [0.1, 0.15) is 18.1 Å². The second-order valence-corrected chi connectivity index (χ2v) is 8.99. The number of nitrogens with two attached hydrogens (primary N) is 4. The SMILES string of the molecule is NC(=O)CC(N)C(=O)NC(CO)C(=O)NC(CCCN=C(N)N)C(=O)NC(Cc1c[nH]c2ccccc12)C(=O)O. The van der Waals surface area contributed by atoms with E-state index in [1.807, 2.05) is 18.2 Å². The largest absolute Gasteiger partial charge is 0.480 e. The van der Waals surface area contributed by atoms with Crippen LogP contribution in [0, 0.1) is 0 Å². The van der Waals surface area contributed by atoms with Gasteiger partial charge in [0, 0.05) is 30.1 Å². The fraction of sp³-hybridized carbons (Fsp3) is 0.417. The fourth-order valence-electron chi connectivity index (χ4n) is 3.82. The molecule has 0 radical (unpaired) electrons. The highest BCUT2D eigenvalue weighted by Crippen LogP contribution is 2.19. The third-order valence-corrected chi connectivity index (χ3v) is 5.87. The number of amides is 4. The number of carboxylic acid groups (broad SMARTS) is 1. The van der Waals surface area contributed by atoms with Crippen molar-refractivity contribution in [1.82, 2.24) is 20.9 Å². The van der Waals surface area contributed by atoms with Gasteiger partial charge in [0.2, 0.25) is 23.6 Å². The number of aliphatic hydroxyl groups excluding tert-OH is 1. The summed E-state index contributed by atoms with van der Waals surface area (Å²) in [7, 11) is 0. The third kappa shape index (κ3) is 9.55. The van der Waals surface area contributed by atoms with E-state index in [2.05, 4.69) is 25.9 Å². The Balaban J connectivity index is 2.16. The number of hydrogen-bond donors (Lipinski definition) is 10. The van der Waals surface area contributed by atoms with Crippen molar-refractivity contribution in [3.8, 4) is 0 Å². The van der Waals surface area contributed by atoms with E-state index in [4.69, 9.17) is 22.9 Å². The highest BCUT2D eigenvalue weighted by atomic mass is 16.4. The van der Waals surface area contributed by atoms with Gasteiger partial charge in [0.15, 0.2) is 5.96 Å². The number of nitrogens with one attached hydrogen (secondary N) is 4. The number of H-pyrrole nitrogens is 1. The Morgan fingerprint density at radius 2 is 1.55 bits per heavy atom. The summed E-state index contributed by atoms with van der Waals surface area (Å²) in [6.45, 7) is -0.747. The molecule has 40 heavy (non-hydrogen) atoms. The molecule has 1 aromatic heterocycles. The number of aromatic nitrogens is 1. The lowest BCUT2D eigenvalue weighted by molar-refractivity contribution is -0.142. The van der Waals surface area contributed by atoms with Crippen molar-refractivity contribution in [3.05, 3.63) is 36.0 Å². The number of fused-ring (bicyclic) bond motifs is 1. The minimum Gasteiger partial charge on any atom is -0.480 e. The maximum atomic E-state index is 13.2. The van der Waals surface area contributed by atoms with Crippen LogP contribution in [0.5, 0.6) is 0 Å². The summed E-state index contributed by atoms with van der Waals surface area (Å²) in [6, 6.07) is 1.75. The number of para-hydroxylation sites is 1. The smallest absolute Gasteiger partial charge is 0.326 e. The highest BCUT2D eigenvalue weighted by Gasteiger charge is 2.30. The fourth-order valence-corrected chi connectivity index (χ4v) is 3.82. The number of aliphatic hydroxyl groups is 1. The van der Waals surface area contributed by atoms with Gasteiger partial charge in [-0.2, -0.15) is 0 Å². The van der Waals surface area contributed by atoms with Crippen LogP contribution in [0.25, 0.3) is 10.9 Å². The summed E-state index contributed by atoms with van der Waals surface area (Å²) < 4.78 is 0. The molecule has 0 saturated heterocycles. The topological polar surface area (TPSA) is 294 Å². The molecule has 0 aliphatic carbocycles. The van der Waals surface area contributed by atoms with E-state index in [-0.39, 0.29) is 31.8 Å². The molecule has 0 spiro atoms. The van der Waals surface area contributed by atoms with Crippen LogP contribution in [0.2, 0.25) is 0 Å². The summed E-state index contributed by atoms with van der Waals surface area (Å²) in [4.78, 5) is 68.1. The Bertz CT molecular complexity index is 1240. The molecular weight excluding hydrogens is 526 g/mol. The standard InChI is InChI=1S/C24H35N9O7/c25-14(9-19(26)35)20(36)33-18(11-34)22(38)31-16(6-3-7-29-24(27)28)21(37)32-17(23(39)40)8-12-10-30-15-5-2-1-4-13(12)15/h1-2,4-5,10,14,16-18,30,34H,3,6-9,11,25H2,(H2,26,35)(H,31,38)(H,32,37)(H,33,36)(H,39,40)(H4,27,28,29). The van der Waals surface area contributed by atoms with Crippen LogP contribution in [0.1, 0.15) is 24.8 Å². The van der Waals surface area contributed by atoms with Crippen LogP contribution in [0.15, 0.2) is 35.5 Å². The van der Waals surface area contributed by atoms with Crippen LogP contribution in [0.4, 0.5) is 0 Å². The molecule has 0 aliphatic heterocycles. The predicted octanol–water partition coefficient (Wildman–Crippen LogP) is -3.50. The van der Waals surface area contributed by atoms with Gasteiger partial charge in [-0.25, -0.2) is 4.79 Å². The lowest BCUT2D eigenvalue weighted by Crippen LogP contribution is -2.58. The molecule has 4 unspecified atom stereocenters. The number of aliphatic carboxylic acids is 1. The van der Waals surface area contributed by atoms with Crippen LogP contribution in [-0.4, -0.2) is 88.1 Å². The maximum Gasteiger partial charge on any atom is 0.326 e. The van der Waals surface area contributed by atoms with Crippen molar-refractivity contribution in [3.63, 3.8) is 0 Å². The number of primary amides is 1. The highest BCUT2D eigenvalue weighted by molar-refractivity contribution is 5.95. The lowest BCUT2D eigenvalue weighted by atomic mass is 10.0. The van der Waals surface area contributed by atoms with Gasteiger partial charge in [-0.3, -0.25) is 24.2 Å². The summed E-state index contributed by atoms with van der Waals surface area (Å²) in [5, 5.41) is 27.3. The monoisotopic (exact) mass is 561 g/mol. The minimum atomic E-state index is -1.53. The molecule has 1 aromatic carbocycles. The van der Waals surface area contributed by atoms with E-state index in [9.17, 15) is 34.2 Å². The number of carbonyl (C=O) groups excluding carboxylic acids is 4. The molecule has 0 aliphatic rings. The zero-order chi connectivity index (χ0) is 29.8. The zero-order valence-corrected chi connectivity index (χ0v) is 21.6. The predicted molar refractivity (Wildman–Crippen MR) is 144 cm³/mol. The third-order valence-electron chi connectivity index (χ3n) is 5.87. The summed E-state index contributed by atoms with van der Waals surface area (Å²) in [6.07, 6.45) is 1.32. The van der Waals surface area contributed by atoms with Crippen molar-refractivity contribution >= 4 is 46.5 Å². The average Bonchev–Trinajstić information content (AvgIpc) is 3.30. The molecule has 0 fully saturated rings. The molecular formula is C24H35N9O7. The van der Waals surface area contributed by atoms with E-state index in [0.717, 1.165) is 10.9 Å². The normalized spacial score (nSPS) is 13.8. The number of rotatable bonds is 16. The first-order chi connectivity index (χ1) is 18.9. The maximum absolute atomic E-state index is 13.2. The average molecular weight is 562 g/mol. The quantitative estimate of drug-likeness (QED) is 0.0547. The number of aromatic amines is 1. The second kappa shape index (κ2) is 15.0. The van der Waals surface area contributed by atoms with E-state index in [1.165, 1.54) is 0 Å². The van der Waals surface area contributed by atoms with Gasteiger partial charge in [0.05, 0.1) is 19.1 Å². The summed E-state index contributed by atoms with van der Waals surface area (Å²) >= 11 is 0. The number of carbonyl (C=O) groups is 5. The molecule has 4 atom stereocenters. The Hall–Kier alpha value is -4.70. The first-order valence-corrected chi connectivity index (χ1v) is 12.3. The zero-order valence-electron chi connectivity index (χ0n) is 21.6. The van der Waals surface area contributed by atoms with Gasteiger partial charge in [-0.1, -0.05) is 18.2 Å². The molecule has 16 heteroatoms. The first-order valence-electron chi connectivity index (χ1n) is 12.3. The molecule has 1 heterocycles. The van der Waals surface area contributed by atoms with Crippen molar-refractivity contribution < 1.29 is 34.2 Å². The van der Waals surface area contributed by atoms with E-state index in [1.54, 1.807) is 12.3 Å². The van der Waals surface area contributed by atoms with Crippen LogP contribution in [0.3, 0.4) is 0 Å². The van der Waals surface area contributed by atoms with Gasteiger partial charge in [-0.05, 0) is 24.5 Å². The Morgan fingerprint density at radius 1 is 0.925 bits per heavy atom. The number of guanidine groups is 1. The molecule has 2 rings (SSSR count). The van der Waals surface area contributed by atoms with E-state index in [0.29, 0.717) is 5.56 Å². The molecule has 0 bridgehead atoms. The van der Waals surface area contributed by atoms with E-state index >= 15 is 0 Å². The summed E-state index contributed by atoms with van der Waals surface area (Å²) in [5.41, 5.74) is 22.7. The number of carboxylic acids is 1. The molecule has 218 valence electrons. The molecule has 0 saturated carbocycles.